The number of aromatic amines is 1. The van der Waals surface area contributed by atoms with Crippen LogP contribution >= 0.6 is 23.2 Å². The summed E-state index contributed by atoms with van der Waals surface area (Å²) in [6.45, 7) is 2.37. The summed E-state index contributed by atoms with van der Waals surface area (Å²) in [6, 6.07) is 3.61. The molecule has 0 bridgehead atoms. The first-order valence-corrected chi connectivity index (χ1v) is 9.72. The number of nitrogens with one attached hydrogen (secondary N) is 2. The number of hydrogen-bond acceptors (Lipinski definition) is 3. The van der Waals surface area contributed by atoms with Gasteiger partial charge in [-0.05, 0) is 35.7 Å². The summed E-state index contributed by atoms with van der Waals surface area (Å²) in [5.74, 6) is 0. The zero-order valence-electron chi connectivity index (χ0n) is 13.2. The molecule has 1 aliphatic rings. The van der Waals surface area contributed by atoms with Crippen LogP contribution in [0.15, 0.2) is 30.7 Å². The summed E-state index contributed by atoms with van der Waals surface area (Å²) in [5.41, 5.74) is 3.71. The molecule has 0 fully saturated rings. The monoisotopic (exact) mass is 396 g/mol. The van der Waals surface area contributed by atoms with E-state index in [4.69, 9.17) is 23.2 Å². The lowest BCUT2D eigenvalue weighted by Gasteiger charge is -2.30. The van der Waals surface area contributed by atoms with Gasteiger partial charge in [-0.3, -0.25) is 9.71 Å². The molecule has 1 aliphatic heterocycles. The number of hydrogen-bond donors (Lipinski definition) is 2. The van der Waals surface area contributed by atoms with Crippen LogP contribution in [0.25, 0.3) is 10.9 Å². The molecule has 2 aromatic heterocycles. The molecule has 6 nitrogen and oxygen atoms in total. The Hall–Kier alpha value is -1.80. The number of aryl methyl sites for hydroxylation is 1. The third-order valence-corrected chi connectivity index (χ3v) is 6.35. The summed E-state index contributed by atoms with van der Waals surface area (Å²) in [4.78, 5) is 7.07. The van der Waals surface area contributed by atoms with Crippen LogP contribution in [0.5, 0.6) is 0 Å². The average Bonchev–Trinajstić information content (AvgIpc) is 2.94. The van der Waals surface area contributed by atoms with Crippen molar-refractivity contribution in [2.75, 3.05) is 4.72 Å². The van der Waals surface area contributed by atoms with E-state index in [2.05, 4.69) is 14.7 Å². The lowest BCUT2D eigenvalue weighted by Crippen LogP contribution is -2.39. The number of pyridine rings is 1. The smallest absolute Gasteiger partial charge is 0.302 e. The van der Waals surface area contributed by atoms with Crippen LogP contribution in [0.2, 0.25) is 10.0 Å². The number of aromatic nitrogens is 2. The Labute approximate surface area is 155 Å². The normalized spacial score (nSPS) is 16.6. The van der Waals surface area contributed by atoms with Crippen LogP contribution in [-0.2, 0) is 23.3 Å². The minimum absolute atomic E-state index is 0.214. The van der Waals surface area contributed by atoms with Gasteiger partial charge in [0.1, 0.15) is 0 Å². The van der Waals surface area contributed by atoms with Crippen LogP contribution in [0, 0.1) is 6.92 Å². The minimum Gasteiger partial charge on any atom is -0.358 e. The molecule has 0 amide bonds. The number of rotatable bonds is 2. The van der Waals surface area contributed by atoms with Gasteiger partial charge in [0, 0.05) is 37.1 Å². The standard InChI is InChI=1S/C16H14Cl2N4O2S/c1-9-2-3-19-5-11(9)8-22-7-10-4-12(17)14-13(18)6-20-16(14)15(10)21-25(22,23)24/h2-6,20-21H,7-8H2,1H3. The second kappa shape index (κ2) is 5.88. The zero-order chi connectivity index (χ0) is 17.8. The molecule has 25 heavy (non-hydrogen) atoms. The van der Waals surface area contributed by atoms with Gasteiger partial charge in [-0.2, -0.15) is 12.7 Å². The summed E-state index contributed by atoms with van der Waals surface area (Å²) in [7, 11) is -3.70. The van der Waals surface area contributed by atoms with Crippen molar-refractivity contribution >= 4 is 50.0 Å². The minimum atomic E-state index is -3.70. The van der Waals surface area contributed by atoms with Gasteiger partial charge in [-0.15, -0.1) is 0 Å². The van der Waals surface area contributed by atoms with E-state index in [1.54, 1.807) is 24.7 Å². The van der Waals surface area contributed by atoms with Crippen molar-refractivity contribution < 1.29 is 8.42 Å². The van der Waals surface area contributed by atoms with Gasteiger partial charge < -0.3 is 4.98 Å². The van der Waals surface area contributed by atoms with Gasteiger partial charge in [0.25, 0.3) is 0 Å². The van der Waals surface area contributed by atoms with Gasteiger partial charge >= 0.3 is 10.2 Å². The maximum Gasteiger partial charge on any atom is 0.302 e. The fourth-order valence-electron chi connectivity index (χ4n) is 2.99. The maximum absolute atomic E-state index is 12.7. The second-order valence-corrected chi connectivity index (χ2v) is 8.44. The number of anilines is 1. The van der Waals surface area contributed by atoms with Crippen molar-refractivity contribution in [1.29, 1.82) is 0 Å². The molecule has 9 heteroatoms. The highest BCUT2D eigenvalue weighted by Gasteiger charge is 2.32. The molecule has 0 aliphatic carbocycles. The van der Waals surface area contributed by atoms with E-state index in [9.17, 15) is 8.42 Å². The van der Waals surface area contributed by atoms with E-state index in [0.29, 0.717) is 26.6 Å². The molecular formula is C16H14Cl2N4O2S. The van der Waals surface area contributed by atoms with Crippen molar-refractivity contribution in [2.45, 2.75) is 20.0 Å². The number of nitrogens with zero attached hydrogens (tertiary/aromatic N) is 2. The Morgan fingerprint density at radius 2 is 2.12 bits per heavy atom. The van der Waals surface area contributed by atoms with Crippen molar-refractivity contribution in [3.05, 3.63) is 57.5 Å². The van der Waals surface area contributed by atoms with Gasteiger partial charge in [0.05, 0.1) is 21.2 Å². The number of H-pyrrole nitrogens is 1. The fraction of sp³-hybridized carbons (Fsp3) is 0.188. The molecule has 3 heterocycles. The Morgan fingerprint density at radius 1 is 1.32 bits per heavy atom. The van der Waals surface area contributed by atoms with Gasteiger partial charge in [-0.25, -0.2) is 0 Å². The number of halogens is 2. The van der Waals surface area contributed by atoms with E-state index in [1.165, 1.54) is 4.31 Å². The Bertz CT molecular complexity index is 1090. The van der Waals surface area contributed by atoms with E-state index >= 15 is 0 Å². The highest BCUT2D eigenvalue weighted by atomic mass is 35.5. The van der Waals surface area contributed by atoms with Crippen LogP contribution in [0.4, 0.5) is 5.69 Å². The molecule has 0 spiro atoms. The third-order valence-electron chi connectivity index (χ3n) is 4.35. The van der Waals surface area contributed by atoms with Gasteiger partial charge in [0.15, 0.2) is 0 Å². The molecule has 0 unspecified atom stereocenters. The number of fused-ring (bicyclic) bond motifs is 3. The van der Waals surface area contributed by atoms with Crippen molar-refractivity contribution in [1.82, 2.24) is 14.3 Å². The topological polar surface area (TPSA) is 78.1 Å². The second-order valence-electron chi connectivity index (χ2n) is 5.96. The number of benzene rings is 1. The molecule has 130 valence electrons. The largest absolute Gasteiger partial charge is 0.358 e. The third kappa shape index (κ3) is 2.77. The highest BCUT2D eigenvalue weighted by Crippen LogP contribution is 2.40. The van der Waals surface area contributed by atoms with Gasteiger partial charge in [0.2, 0.25) is 0 Å². The molecule has 2 N–H and O–H groups in total. The lowest BCUT2D eigenvalue weighted by atomic mass is 10.1. The lowest BCUT2D eigenvalue weighted by molar-refractivity contribution is 0.399. The molecule has 0 radical (unpaired) electrons. The van der Waals surface area contributed by atoms with Gasteiger partial charge in [-0.1, -0.05) is 23.2 Å². The fourth-order valence-corrected chi connectivity index (χ4v) is 4.86. The Kier molecular flexibility index (Phi) is 3.92. The molecule has 0 saturated heterocycles. The van der Waals surface area contributed by atoms with Crippen LogP contribution < -0.4 is 4.72 Å². The zero-order valence-corrected chi connectivity index (χ0v) is 15.5. The van der Waals surface area contributed by atoms with Crippen LogP contribution in [-0.4, -0.2) is 22.7 Å². The van der Waals surface area contributed by atoms with E-state index in [-0.39, 0.29) is 13.1 Å². The first kappa shape index (κ1) is 16.7. The van der Waals surface area contributed by atoms with Crippen LogP contribution in [0.1, 0.15) is 16.7 Å². The Morgan fingerprint density at radius 3 is 2.88 bits per heavy atom. The van der Waals surface area contributed by atoms with Crippen molar-refractivity contribution in [3.63, 3.8) is 0 Å². The van der Waals surface area contributed by atoms with Crippen LogP contribution in [0.3, 0.4) is 0 Å². The first-order valence-electron chi connectivity index (χ1n) is 7.52. The molecule has 1 aromatic carbocycles. The summed E-state index contributed by atoms with van der Waals surface area (Å²) >= 11 is 12.5. The SMILES string of the molecule is Cc1ccncc1CN1Cc2cc(Cl)c3c(Cl)c[nH]c3c2NS1(=O)=O. The quantitative estimate of drug-likeness (QED) is 0.690. The predicted molar refractivity (Wildman–Crippen MR) is 99.1 cm³/mol. The summed E-state index contributed by atoms with van der Waals surface area (Å²) in [6.07, 6.45) is 4.96. The molecule has 0 saturated carbocycles. The average molecular weight is 397 g/mol. The predicted octanol–water partition coefficient (Wildman–Crippen LogP) is 3.85. The summed E-state index contributed by atoms with van der Waals surface area (Å²) < 4.78 is 29.4. The molecule has 3 aromatic rings. The van der Waals surface area contributed by atoms with E-state index in [0.717, 1.165) is 16.7 Å². The van der Waals surface area contributed by atoms with Crippen molar-refractivity contribution in [3.8, 4) is 0 Å². The molecular weight excluding hydrogens is 383 g/mol. The van der Waals surface area contributed by atoms with E-state index in [1.807, 2.05) is 13.0 Å². The summed E-state index contributed by atoms with van der Waals surface area (Å²) in [5, 5.41) is 1.55. The van der Waals surface area contributed by atoms with Crippen molar-refractivity contribution in [2.24, 2.45) is 0 Å². The Balaban J connectivity index is 1.79. The highest BCUT2D eigenvalue weighted by molar-refractivity contribution is 7.90. The molecule has 0 atom stereocenters. The maximum atomic E-state index is 12.7. The van der Waals surface area contributed by atoms with E-state index < -0.39 is 10.2 Å². The first-order chi connectivity index (χ1) is 11.9. The molecule has 4 rings (SSSR count).